The predicted octanol–water partition coefficient (Wildman–Crippen LogP) is 1.74. The highest BCUT2D eigenvalue weighted by atomic mass is 19.1. The molecular weight excluding hydrogens is 228 g/mol. The Labute approximate surface area is 96.5 Å². The molecule has 0 saturated heterocycles. The highest BCUT2D eigenvalue weighted by Crippen LogP contribution is 2.24. The number of halogens is 2. The van der Waals surface area contributed by atoms with Crippen LogP contribution in [0.25, 0.3) is 11.4 Å². The molecule has 2 rings (SSSR count). The van der Waals surface area contributed by atoms with Crippen molar-refractivity contribution in [1.82, 2.24) is 14.8 Å². The molecular formula is C11H11F2N3O. The Balaban J connectivity index is 2.64. The number of aliphatic hydroxyl groups is 1. The number of aromatic nitrogens is 3. The van der Waals surface area contributed by atoms with Crippen LogP contribution in [0, 0.1) is 11.6 Å². The Kier molecular flexibility index (Phi) is 3.14. The molecule has 0 spiro atoms. The molecule has 6 heteroatoms. The normalized spacial score (nSPS) is 10.8. The van der Waals surface area contributed by atoms with E-state index in [4.69, 9.17) is 5.11 Å². The smallest absolute Gasteiger partial charge is 0.169 e. The van der Waals surface area contributed by atoms with Gasteiger partial charge in [0, 0.05) is 6.54 Å². The summed E-state index contributed by atoms with van der Waals surface area (Å²) in [5.74, 6) is -1.02. The molecule has 17 heavy (non-hydrogen) atoms. The van der Waals surface area contributed by atoms with Crippen molar-refractivity contribution in [3.05, 3.63) is 35.7 Å². The summed E-state index contributed by atoms with van der Waals surface area (Å²) in [6.07, 6.45) is 0. The lowest BCUT2D eigenvalue weighted by Gasteiger charge is -2.07. The van der Waals surface area contributed by atoms with Gasteiger partial charge in [0.1, 0.15) is 18.2 Å². The van der Waals surface area contributed by atoms with Gasteiger partial charge in [-0.25, -0.2) is 8.78 Å². The molecule has 0 aliphatic carbocycles. The zero-order valence-electron chi connectivity index (χ0n) is 9.19. The highest BCUT2D eigenvalue weighted by Gasteiger charge is 2.18. The van der Waals surface area contributed by atoms with Crippen molar-refractivity contribution in [3.8, 4) is 11.4 Å². The fourth-order valence-corrected chi connectivity index (χ4v) is 1.68. The van der Waals surface area contributed by atoms with Crippen LogP contribution in [0.3, 0.4) is 0 Å². The Morgan fingerprint density at radius 2 is 1.88 bits per heavy atom. The minimum Gasteiger partial charge on any atom is -0.388 e. The fourth-order valence-electron chi connectivity index (χ4n) is 1.68. The van der Waals surface area contributed by atoms with Gasteiger partial charge in [-0.15, -0.1) is 10.2 Å². The van der Waals surface area contributed by atoms with Crippen molar-refractivity contribution in [2.45, 2.75) is 20.1 Å². The summed E-state index contributed by atoms with van der Waals surface area (Å²) in [5, 5.41) is 16.5. The Morgan fingerprint density at radius 3 is 2.41 bits per heavy atom. The molecule has 1 aromatic heterocycles. The zero-order chi connectivity index (χ0) is 12.4. The van der Waals surface area contributed by atoms with E-state index < -0.39 is 11.6 Å². The van der Waals surface area contributed by atoms with Gasteiger partial charge in [0.05, 0.1) is 5.56 Å². The number of aliphatic hydroxyl groups excluding tert-OH is 1. The Hall–Kier alpha value is -1.82. The monoisotopic (exact) mass is 239 g/mol. The van der Waals surface area contributed by atoms with E-state index >= 15 is 0 Å². The van der Waals surface area contributed by atoms with Crippen LogP contribution < -0.4 is 0 Å². The first kappa shape index (κ1) is 11.7. The maximum atomic E-state index is 13.6. The van der Waals surface area contributed by atoms with Gasteiger partial charge in [0.25, 0.3) is 0 Å². The van der Waals surface area contributed by atoms with Crippen LogP contribution in [0.5, 0.6) is 0 Å². The minimum absolute atomic E-state index is 0.0900. The molecule has 0 unspecified atom stereocenters. The molecule has 90 valence electrons. The molecule has 0 radical (unpaired) electrons. The van der Waals surface area contributed by atoms with Crippen molar-refractivity contribution in [2.24, 2.45) is 0 Å². The van der Waals surface area contributed by atoms with Gasteiger partial charge in [0.15, 0.2) is 11.6 Å². The minimum atomic E-state index is -0.698. The van der Waals surface area contributed by atoms with Gasteiger partial charge >= 0.3 is 0 Å². The first-order chi connectivity index (χ1) is 8.19. The van der Waals surface area contributed by atoms with Crippen molar-refractivity contribution in [3.63, 3.8) is 0 Å². The van der Waals surface area contributed by atoms with Gasteiger partial charge in [-0.05, 0) is 19.1 Å². The number of hydrogen-bond donors (Lipinski definition) is 1. The number of hydrogen-bond acceptors (Lipinski definition) is 3. The van der Waals surface area contributed by atoms with Gasteiger partial charge < -0.3 is 9.67 Å². The molecule has 2 aromatic rings. The molecule has 0 saturated carbocycles. The summed E-state index contributed by atoms with van der Waals surface area (Å²) in [5.41, 5.74) is -0.221. The Bertz CT molecular complexity index is 519. The quantitative estimate of drug-likeness (QED) is 0.887. The van der Waals surface area contributed by atoms with E-state index in [0.717, 1.165) is 12.1 Å². The van der Waals surface area contributed by atoms with Crippen LogP contribution in [0.1, 0.15) is 12.7 Å². The summed E-state index contributed by atoms with van der Waals surface area (Å²) in [6, 6.07) is 3.60. The molecule has 0 aliphatic rings. The van der Waals surface area contributed by atoms with Crippen molar-refractivity contribution in [2.75, 3.05) is 0 Å². The lowest BCUT2D eigenvalue weighted by Crippen LogP contribution is -2.05. The van der Waals surface area contributed by atoms with Crippen molar-refractivity contribution in [1.29, 1.82) is 0 Å². The molecule has 1 N–H and O–H groups in total. The van der Waals surface area contributed by atoms with Crippen LogP contribution in [-0.2, 0) is 13.2 Å². The van der Waals surface area contributed by atoms with E-state index in [1.807, 2.05) is 0 Å². The molecule has 0 bridgehead atoms. The van der Waals surface area contributed by atoms with Gasteiger partial charge in [-0.1, -0.05) is 6.07 Å². The largest absolute Gasteiger partial charge is 0.388 e. The average molecular weight is 239 g/mol. The van der Waals surface area contributed by atoms with E-state index in [9.17, 15) is 8.78 Å². The summed E-state index contributed by atoms with van der Waals surface area (Å²) in [4.78, 5) is 0. The summed E-state index contributed by atoms with van der Waals surface area (Å²) in [6.45, 7) is 1.88. The molecule has 1 aromatic carbocycles. The third-order valence-electron chi connectivity index (χ3n) is 2.47. The standard InChI is InChI=1S/C11H11F2N3O/c1-2-16-9(6-17)14-15-11(16)10-7(12)4-3-5-8(10)13/h3-5,17H,2,6H2,1H3. The fraction of sp³-hybridized carbons (Fsp3) is 0.273. The first-order valence-corrected chi connectivity index (χ1v) is 5.16. The number of nitrogens with zero attached hydrogens (tertiary/aromatic N) is 3. The second-order valence-corrected chi connectivity index (χ2v) is 3.44. The van der Waals surface area contributed by atoms with Crippen molar-refractivity contribution < 1.29 is 13.9 Å². The first-order valence-electron chi connectivity index (χ1n) is 5.16. The van der Waals surface area contributed by atoms with Gasteiger partial charge in [-0.3, -0.25) is 0 Å². The van der Waals surface area contributed by atoms with E-state index in [1.54, 1.807) is 6.92 Å². The second-order valence-electron chi connectivity index (χ2n) is 3.44. The van der Waals surface area contributed by atoms with Crippen LogP contribution >= 0.6 is 0 Å². The molecule has 1 heterocycles. The van der Waals surface area contributed by atoms with E-state index in [0.29, 0.717) is 6.54 Å². The lowest BCUT2D eigenvalue weighted by atomic mass is 10.2. The van der Waals surface area contributed by atoms with Crippen LogP contribution in [0.15, 0.2) is 18.2 Å². The Morgan fingerprint density at radius 1 is 1.24 bits per heavy atom. The van der Waals surface area contributed by atoms with Crippen LogP contribution in [-0.4, -0.2) is 19.9 Å². The topological polar surface area (TPSA) is 50.9 Å². The lowest BCUT2D eigenvalue weighted by molar-refractivity contribution is 0.265. The maximum absolute atomic E-state index is 13.6. The van der Waals surface area contributed by atoms with E-state index in [2.05, 4.69) is 10.2 Å². The zero-order valence-corrected chi connectivity index (χ0v) is 9.19. The summed E-state index contributed by atoms with van der Waals surface area (Å²) in [7, 11) is 0. The molecule has 0 fully saturated rings. The van der Waals surface area contributed by atoms with E-state index in [-0.39, 0.29) is 23.8 Å². The van der Waals surface area contributed by atoms with E-state index in [1.165, 1.54) is 10.6 Å². The third-order valence-corrected chi connectivity index (χ3v) is 2.47. The molecule has 4 nitrogen and oxygen atoms in total. The molecule has 0 atom stereocenters. The van der Waals surface area contributed by atoms with Crippen molar-refractivity contribution >= 4 is 0 Å². The van der Waals surface area contributed by atoms with Gasteiger partial charge in [0.2, 0.25) is 0 Å². The summed E-state index contributed by atoms with van der Waals surface area (Å²) >= 11 is 0. The maximum Gasteiger partial charge on any atom is 0.169 e. The SMILES string of the molecule is CCn1c(CO)nnc1-c1c(F)cccc1F. The molecule has 0 amide bonds. The summed E-state index contributed by atoms with van der Waals surface area (Å²) < 4.78 is 28.6. The number of benzene rings is 1. The molecule has 0 aliphatic heterocycles. The number of rotatable bonds is 3. The second kappa shape index (κ2) is 4.58. The van der Waals surface area contributed by atoms with Crippen LogP contribution in [0.4, 0.5) is 8.78 Å². The van der Waals surface area contributed by atoms with Gasteiger partial charge in [-0.2, -0.15) is 0 Å². The average Bonchev–Trinajstić information content (AvgIpc) is 2.71. The predicted molar refractivity (Wildman–Crippen MR) is 57.0 cm³/mol. The van der Waals surface area contributed by atoms with Crippen LogP contribution in [0.2, 0.25) is 0 Å². The highest BCUT2D eigenvalue weighted by molar-refractivity contribution is 5.57. The third kappa shape index (κ3) is 1.91.